The van der Waals surface area contributed by atoms with Gasteiger partial charge in [0.1, 0.15) is 0 Å². The van der Waals surface area contributed by atoms with Crippen molar-refractivity contribution in [3.63, 3.8) is 0 Å². The third-order valence-corrected chi connectivity index (χ3v) is 5.16. The van der Waals surface area contributed by atoms with Gasteiger partial charge in [-0.15, -0.1) is 0 Å². The summed E-state index contributed by atoms with van der Waals surface area (Å²) in [7, 11) is -3.66. The fourth-order valence-electron chi connectivity index (χ4n) is 1.14. The number of benzene rings is 1. The van der Waals surface area contributed by atoms with Crippen LogP contribution >= 0.6 is 31.9 Å². The number of hydrogen-bond acceptors (Lipinski definition) is 3. The van der Waals surface area contributed by atoms with E-state index in [1.54, 1.807) is 26.0 Å². The van der Waals surface area contributed by atoms with Crippen LogP contribution in [0.5, 0.6) is 0 Å². The van der Waals surface area contributed by atoms with Crippen molar-refractivity contribution in [1.29, 1.82) is 0 Å². The van der Waals surface area contributed by atoms with Crippen molar-refractivity contribution in [2.45, 2.75) is 24.3 Å². The second-order valence-corrected chi connectivity index (χ2v) is 7.64. The predicted molar refractivity (Wildman–Crippen MR) is 73.3 cm³/mol. The summed E-state index contributed by atoms with van der Waals surface area (Å²) in [6.07, 6.45) is 0. The van der Waals surface area contributed by atoms with E-state index in [2.05, 4.69) is 36.6 Å². The Morgan fingerprint density at radius 2 is 1.94 bits per heavy atom. The molecule has 2 N–H and O–H groups in total. The quantitative estimate of drug-likeness (QED) is 0.833. The Morgan fingerprint density at radius 1 is 1.35 bits per heavy atom. The molecule has 17 heavy (non-hydrogen) atoms. The van der Waals surface area contributed by atoms with Gasteiger partial charge < -0.3 is 5.11 Å². The first-order valence-electron chi connectivity index (χ1n) is 4.78. The van der Waals surface area contributed by atoms with Crippen molar-refractivity contribution < 1.29 is 13.5 Å². The molecular weight excluding hydrogens is 374 g/mol. The molecule has 0 saturated carbocycles. The van der Waals surface area contributed by atoms with Crippen molar-refractivity contribution in [2.75, 3.05) is 6.61 Å². The average Bonchev–Trinajstić information content (AvgIpc) is 2.15. The summed E-state index contributed by atoms with van der Waals surface area (Å²) in [5.41, 5.74) is -0.897. The minimum Gasteiger partial charge on any atom is -0.394 e. The Labute approximate surface area is 118 Å². The highest BCUT2D eigenvalue weighted by Gasteiger charge is 2.26. The van der Waals surface area contributed by atoms with Gasteiger partial charge in [0, 0.05) is 8.95 Å². The van der Waals surface area contributed by atoms with Crippen LogP contribution in [0.2, 0.25) is 0 Å². The fraction of sp³-hybridized carbons (Fsp3) is 0.400. The van der Waals surface area contributed by atoms with E-state index in [0.717, 1.165) is 4.47 Å². The Balaban J connectivity index is 3.14. The van der Waals surface area contributed by atoms with Gasteiger partial charge in [0.25, 0.3) is 0 Å². The van der Waals surface area contributed by atoms with Gasteiger partial charge in [-0.3, -0.25) is 0 Å². The van der Waals surface area contributed by atoms with Crippen molar-refractivity contribution in [3.8, 4) is 0 Å². The molecular formula is C10H13Br2NO3S. The molecule has 0 saturated heterocycles. The lowest BCUT2D eigenvalue weighted by Crippen LogP contribution is -2.46. The van der Waals surface area contributed by atoms with Gasteiger partial charge >= 0.3 is 0 Å². The summed E-state index contributed by atoms with van der Waals surface area (Å²) in [6, 6.07) is 4.79. The van der Waals surface area contributed by atoms with Crippen LogP contribution in [-0.2, 0) is 10.0 Å². The number of aliphatic hydroxyl groups is 1. The molecule has 7 heteroatoms. The number of aliphatic hydroxyl groups excluding tert-OH is 1. The van der Waals surface area contributed by atoms with Gasteiger partial charge in [-0.1, -0.05) is 15.9 Å². The summed E-state index contributed by atoms with van der Waals surface area (Å²) in [5.74, 6) is 0. The smallest absolute Gasteiger partial charge is 0.242 e. The maximum absolute atomic E-state index is 12.1. The Bertz CT molecular complexity index is 514. The number of rotatable bonds is 4. The van der Waals surface area contributed by atoms with Gasteiger partial charge in [0.2, 0.25) is 10.0 Å². The van der Waals surface area contributed by atoms with Gasteiger partial charge in [-0.2, -0.15) is 0 Å². The summed E-state index contributed by atoms with van der Waals surface area (Å²) in [4.78, 5) is 0.141. The second kappa shape index (κ2) is 5.36. The third-order valence-electron chi connectivity index (χ3n) is 1.99. The topological polar surface area (TPSA) is 66.4 Å². The Kier molecular flexibility index (Phi) is 4.76. The van der Waals surface area contributed by atoms with Crippen molar-refractivity contribution in [3.05, 3.63) is 27.1 Å². The Morgan fingerprint density at radius 3 is 2.41 bits per heavy atom. The molecule has 0 aliphatic carbocycles. The standard InChI is InChI=1S/C10H13Br2NO3S/c1-10(2,6-14)13-17(15,16)9-4-3-7(11)5-8(9)12/h3-5,13-14H,6H2,1-2H3. The van der Waals surface area contributed by atoms with Crippen LogP contribution in [0.15, 0.2) is 32.0 Å². The van der Waals surface area contributed by atoms with Gasteiger partial charge in [-0.25, -0.2) is 13.1 Å². The number of sulfonamides is 1. The van der Waals surface area contributed by atoms with Crippen LogP contribution in [0.4, 0.5) is 0 Å². The third kappa shape index (κ3) is 4.03. The molecule has 0 aliphatic rings. The van der Waals surface area contributed by atoms with Crippen molar-refractivity contribution in [1.82, 2.24) is 4.72 Å². The second-order valence-electron chi connectivity index (χ2n) is 4.22. The summed E-state index contributed by atoms with van der Waals surface area (Å²) >= 11 is 6.45. The number of halogens is 2. The molecule has 96 valence electrons. The highest BCUT2D eigenvalue weighted by molar-refractivity contribution is 9.11. The lowest BCUT2D eigenvalue weighted by atomic mass is 10.1. The monoisotopic (exact) mass is 385 g/mol. The molecule has 0 unspecified atom stereocenters. The van der Waals surface area contributed by atoms with Crippen LogP contribution in [0.3, 0.4) is 0 Å². The van der Waals surface area contributed by atoms with E-state index >= 15 is 0 Å². The molecule has 0 spiro atoms. The van der Waals surface area contributed by atoms with Crippen LogP contribution < -0.4 is 4.72 Å². The van der Waals surface area contributed by atoms with Crippen molar-refractivity contribution >= 4 is 41.9 Å². The number of nitrogens with one attached hydrogen (secondary N) is 1. The van der Waals surface area contributed by atoms with Gasteiger partial charge in [-0.05, 0) is 48.0 Å². The number of hydrogen-bond donors (Lipinski definition) is 2. The van der Waals surface area contributed by atoms with E-state index < -0.39 is 15.6 Å². The molecule has 0 heterocycles. The molecule has 1 aromatic rings. The van der Waals surface area contributed by atoms with E-state index in [1.165, 1.54) is 6.07 Å². The van der Waals surface area contributed by atoms with Crippen LogP contribution in [0.25, 0.3) is 0 Å². The van der Waals surface area contributed by atoms with Crippen molar-refractivity contribution in [2.24, 2.45) is 0 Å². The van der Waals surface area contributed by atoms with Gasteiger partial charge in [0.05, 0.1) is 17.0 Å². The minimum absolute atomic E-state index is 0.141. The van der Waals surface area contributed by atoms with Crippen LogP contribution in [-0.4, -0.2) is 25.7 Å². The Hall–Kier alpha value is 0.0500. The molecule has 1 rings (SSSR count). The summed E-state index contributed by atoms with van der Waals surface area (Å²) < 4.78 is 27.8. The zero-order valence-electron chi connectivity index (χ0n) is 9.37. The summed E-state index contributed by atoms with van der Waals surface area (Å²) in [5, 5.41) is 9.07. The molecule has 4 nitrogen and oxygen atoms in total. The summed E-state index contributed by atoms with van der Waals surface area (Å²) in [6.45, 7) is 2.94. The molecule has 0 aliphatic heterocycles. The first-order valence-corrected chi connectivity index (χ1v) is 7.85. The SMILES string of the molecule is CC(C)(CO)NS(=O)(=O)c1ccc(Br)cc1Br. The lowest BCUT2D eigenvalue weighted by molar-refractivity contribution is 0.208. The zero-order valence-corrected chi connectivity index (χ0v) is 13.4. The molecule has 0 aromatic heterocycles. The first kappa shape index (κ1) is 15.1. The average molecular weight is 387 g/mol. The predicted octanol–water partition coefficient (Wildman–Crippen LogP) is 2.26. The van der Waals surface area contributed by atoms with E-state index in [4.69, 9.17) is 5.11 Å². The van der Waals surface area contributed by atoms with Gasteiger partial charge in [0.15, 0.2) is 0 Å². The normalized spacial score (nSPS) is 12.8. The van der Waals surface area contributed by atoms with Crippen LogP contribution in [0, 0.1) is 0 Å². The maximum atomic E-state index is 12.1. The molecule has 0 radical (unpaired) electrons. The largest absolute Gasteiger partial charge is 0.394 e. The maximum Gasteiger partial charge on any atom is 0.242 e. The van der Waals surface area contributed by atoms with Crippen LogP contribution in [0.1, 0.15) is 13.8 Å². The van der Waals surface area contributed by atoms with E-state index in [9.17, 15) is 8.42 Å². The highest BCUT2D eigenvalue weighted by atomic mass is 79.9. The zero-order chi connectivity index (χ0) is 13.3. The molecule has 0 amide bonds. The lowest BCUT2D eigenvalue weighted by Gasteiger charge is -2.23. The first-order chi connectivity index (χ1) is 7.68. The molecule has 0 atom stereocenters. The molecule has 0 fully saturated rings. The minimum atomic E-state index is -3.66. The van der Waals surface area contributed by atoms with E-state index in [0.29, 0.717) is 4.47 Å². The van der Waals surface area contributed by atoms with E-state index in [-0.39, 0.29) is 11.5 Å². The van der Waals surface area contributed by atoms with E-state index in [1.807, 2.05) is 0 Å². The molecule has 0 bridgehead atoms. The fourth-order valence-corrected chi connectivity index (χ4v) is 4.30. The molecule has 1 aromatic carbocycles. The highest BCUT2D eigenvalue weighted by Crippen LogP contribution is 2.26.